The van der Waals surface area contributed by atoms with Crippen LogP contribution in [-0.2, 0) is 0 Å². The van der Waals surface area contributed by atoms with E-state index in [9.17, 15) is 0 Å². The second-order valence-electron chi connectivity index (χ2n) is 4.76. The predicted octanol–water partition coefficient (Wildman–Crippen LogP) is 1.13. The highest BCUT2D eigenvalue weighted by Gasteiger charge is 2.12. The van der Waals surface area contributed by atoms with Gasteiger partial charge >= 0.3 is 0 Å². The van der Waals surface area contributed by atoms with Gasteiger partial charge in [-0.05, 0) is 12.8 Å². The van der Waals surface area contributed by atoms with Gasteiger partial charge < -0.3 is 16.4 Å². The summed E-state index contributed by atoms with van der Waals surface area (Å²) in [6.45, 7) is 1.33. The van der Waals surface area contributed by atoms with Gasteiger partial charge in [-0.1, -0.05) is 19.3 Å². The van der Waals surface area contributed by atoms with Gasteiger partial charge in [-0.2, -0.15) is 0 Å². The normalized spacial score (nSPS) is 17.2. The molecule has 4 N–H and O–H groups in total. The highest BCUT2D eigenvalue weighted by molar-refractivity contribution is 5.78. The Morgan fingerprint density at radius 2 is 2.16 bits per heavy atom. The Morgan fingerprint density at radius 1 is 1.32 bits per heavy atom. The summed E-state index contributed by atoms with van der Waals surface area (Å²) in [4.78, 5) is 12.4. The third-order valence-corrected chi connectivity index (χ3v) is 3.22. The smallest absolute Gasteiger partial charge is 0.188 e. The second-order valence-corrected chi connectivity index (χ2v) is 4.76. The Bertz CT molecular complexity index is 385. The zero-order valence-electron chi connectivity index (χ0n) is 11.2. The van der Waals surface area contributed by atoms with Gasteiger partial charge in [0, 0.05) is 25.0 Å². The molecule has 0 atom stereocenters. The number of nitrogens with one attached hydrogen (secondary N) is 2. The highest BCUT2D eigenvalue weighted by Crippen LogP contribution is 2.16. The molecule has 1 aromatic rings. The molecule has 2 rings (SSSR count). The van der Waals surface area contributed by atoms with E-state index in [0.29, 0.717) is 25.1 Å². The van der Waals surface area contributed by atoms with Crippen LogP contribution in [0.5, 0.6) is 0 Å². The number of aliphatic imine (C=N–C) groups is 1. The van der Waals surface area contributed by atoms with Crippen molar-refractivity contribution in [1.29, 1.82) is 0 Å². The summed E-state index contributed by atoms with van der Waals surface area (Å²) in [6, 6.07) is 0.505. The Hall–Kier alpha value is -1.85. The first-order chi connectivity index (χ1) is 9.34. The molecule has 1 aliphatic rings. The lowest BCUT2D eigenvalue weighted by atomic mass is 9.96. The minimum Gasteiger partial charge on any atom is -0.370 e. The number of aromatic nitrogens is 2. The molecule has 19 heavy (non-hydrogen) atoms. The van der Waals surface area contributed by atoms with E-state index in [2.05, 4.69) is 25.6 Å². The van der Waals surface area contributed by atoms with Gasteiger partial charge in [0.1, 0.15) is 5.82 Å². The molecule has 6 heteroatoms. The fourth-order valence-electron chi connectivity index (χ4n) is 2.25. The average Bonchev–Trinajstić information content (AvgIpc) is 2.46. The fourth-order valence-corrected chi connectivity index (χ4v) is 2.25. The van der Waals surface area contributed by atoms with Crippen LogP contribution in [0.2, 0.25) is 0 Å². The van der Waals surface area contributed by atoms with E-state index < -0.39 is 0 Å². The van der Waals surface area contributed by atoms with E-state index >= 15 is 0 Å². The summed E-state index contributed by atoms with van der Waals surface area (Å²) < 4.78 is 0. The third kappa shape index (κ3) is 5.11. The van der Waals surface area contributed by atoms with Gasteiger partial charge in [0.15, 0.2) is 5.96 Å². The van der Waals surface area contributed by atoms with Crippen LogP contribution in [0.1, 0.15) is 32.1 Å². The van der Waals surface area contributed by atoms with Crippen molar-refractivity contribution in [3.63, 3.8) is 0 Å². The van der Waals surface area contributed by atoms with E-state index in [1.165, 1.54) is 32.1 Å². The molecule has 104 valence electrons. The molecule has 0 aliphatic heterocycles. The molecule has 0 spiro atoms. The van der Waals surface area contributed by atoms with E-state index in [0.717, 1.165) is 5.82 Å². The van der Waals surface area contributed by atoms with Gasteiger partial charge in [-0.3, -0.25) is 9.98 Å². The highest BCUT2D eigenvalue weighted by atomic mass is 15.1. The number of guanidine groups is 1. The standard InChI is InChI=1S/C13H22N6/c14-13(19-11-4-2-1-3-5-11)18-9-8-17-12-10-15-6-7-16-12/h6-7,10-11H,1-5,8-9H2,(H,16,17)(H3,14,18,19). The van der Waals surface area contributed by atoms with Gasteiger partial charge in [-0.15, -0.1) is 0 Å². The van der Waals surface area contributed by atoms with Crippen LogP contribution in [0.15, 0.2) is 23.6 Å². The largest absolute Gasteiger partial charge is 0.370 e. The summed E-state index contributed by atoms with van der Waals surface area (Å²) in [5.74, 6) is 1.31. The number of anilines is 1. The molecule has 1 aromatic heterocycles. The third-order valence-electron chi connectivity index (χ3n) is 3.22. The van der Waals surface area contributed by atoms with Crippen molar-refractivity contribution in [3.05, 3.63) is 18.6 Å². The van der Waals surface area contributed by atoms with Gasteiger partial charge in [-0.25, -0.2) is 4.98 Å². The van der Waals surface area contributed by atoms with Crippen molar-refractivity contribution < 1.29 is 0 Å². The first-order valence-corrected chi connectivity index (χ1v) is 6.91. The number of hydrogen-bond donors (Lipinski definition) is 3. The van der Waals surface area contributed by atoms with E-state index in [4.69, 9.17) is 5.73 Å². The molecule has 0 unspecified atom stereocenters. The fraction of sp³-hybridized carbons (Fsp3) is 0.615. The number of hydrogen-bond acceptors (Lipinski definition) is 4. The lowest BCUT2D eigenvalue weighted by Gasteiger charge is -2.23. The van der Waals surface area contributed by atoms with Crippen LogP contribution in [0, 0.1) is 0 Å². The monoisotopic (exact) mass is 262 g/mol. The SMILES string of the molecule is NC(=NCCNc1cnccn1)NC1CCCCC1. The molecule has 1 aliphatic carbocycles. The van der Waals surface area contributed by atoms with Crippen molar-refractivity contribution in [3.8, 4) is 0 Å². The maximum absolute atomic E-state index is 5.87. The minimum absolute atomic E-state index is 0.505. The van der Waals surface area contributed by atoms with E-state index in [1.54, 1.807) is 18.6 Å². The van der Waals surface area contributed by atoms with Gasteiger partial charge in [0.25, 0.3) is 0 Å². The molecule has 1 fully saturated rings. The average molecular weight is 262 g/mol. The van der Waals surface area contributed by atoms with Gasteiger partial charge in [0.2, 0.25) is 0 Å². The molecular formula is C13H22N6. The summed E-state index contributed by atoms with van der Waals surface area (Å²) in [6.07, 6.45) is 11.3. The first-order valence-electron chi connectivity index (χ1n) is 6.91. The van der Waals surface area contributed by atoms with Crippen molar-refractivity contribution in [2.45, 2.75) is 38.1 Å². The first kappa shape index (κ1) is 13.6. The molecule has 0 amide bonds. The van der Waals surface area contributed by atoms with Crippen molar-refractivity contribution in [2.24, 2.45) is 10.7 Å². The Kier molecular flexibility index (Phi) is 5.40. The van der Waals surface area contributed by atoms with E-state index in [1.807, 2.05) is 0 Å². The van der Waals surface area contributed by atoms with Crippen LogP contribution in [-0.4, -0.2) is 35.1 Å². The van der Waals surface area contributed by atoms with Crippen molar-refractivity contribution in [2.75, 3.05) is 18.4 Å². The summed E-state index contributed by atoms with van der Waals surface area (Å²) in [5.41, 5.74) is 5.87. The Balaban J connectivity index is 1.64. The topological polar surface area (TPSA) is 88.2 Å². The Morgan fingerprint density at radius 3 is 2.89 bits per heavy atom. The second kappa shape index (κ2) is 7.56. The lowest BCUT2D eigenvalue weighted by molar-refractivity contribution is 0.412. The van der Waals surface area contributed by atoms with E-state index in [-0.39, 0.29) is 0 Å². The van der Waals surface area contributed by atoms with Crippen LogP contribution < -0.4 is 16.4 Å². The summed E-state index contributed by atoms with van der Waals surface area (Å²) >= 11 is 0. The molecular weight excluding hydrogens is 240 g/mol. The zero-order chi connectivity index (χ0) is 13.3. The zero-order valence-corrected chi connectivity index (χ0v) is 11.2. The van der Waals surface area contributed by atoms with Crippen molar-refractivity contribution in [1.82, 2.24) is 15.3 Å². The van der Waals surface area contributed by atoms with Crippen molar-refractivity contribution >= 4 is 11.8 Å². The number of nitrogens with two attached hydrogens (primary N) is 1. The quantitative estimate of drug-likeness (QED) is 0.420. The van der Waals surface area contributed by atoms with Crippen LogP contribution in [0.4, 0.5) is 5.82 Å². The molecule has 0 saturated heterocycles. The lowest BCUT2D eigenvalue weighted by Crippen LogP contribution is -2.41. The number of nitrogens with zero attached hydrogens (tertiary/aromatic N) is 3. The van der Waals surface area contributed by atoms with Gasteiger partial charge in [0.05, 0.1) is 12.7 Å². The molecule has 0 aromatic carbocycles. The number of rotatable bonds is 5. The van der Waals surface area contributed by atoms with Crippen LogP contribution in [0.3, 0.4) is 0 Å². The molecule has 0 radical (unpaired) electrons. The predicted molar refractivity (Wildman–Crippen MR) is 77.0 cm³/mol. The van der Waals surface area contributed by atoms with Crippen LogP contribution in [0.25, 0.3) is 0 Å². The molecule has 1 saturated carbocycles. The molecule has 6 nitrogen and oxygen atoms in total. The summed E-state index contributed by atoms with van der Waals surface area (Å²) in [5, 5.41) is 6.43. The Labute approximate surface area is 113 Å². The minimum atomic E-state index is 0.505. The maximum Gasteiger partial charge on any atom is 0.188 e. The molecule has 1 heterocycles. The maximum atomic E-state index is 5.87. The molecule has 0 bridgehead atoms. The summed E-state index contributed by atoms with van der Waals surface area (Å²) in [7, 11) is 0. The van der Waals surface area contributed by atoms with Crippen LogP contribution >= 0.6 is 0 Å².